The van der Waals surface area contributed by atoms with Crippen LogP contribution in [0.1, 0.15) is 85.1 Å². The molecule has 0 aromatic carbocycles. The van der Waals surface area contributed by atoms with Gasteiger partial charge in [0.05, 0.1) is 16.9 Å². The van der Waals surface area contributed by atoms with Crippen molar-refractivity contribution in [3.8, 4) is 11.1 Å². The third-order valence-corrected chi connectivity index (χ3v) is 10.8. The molecular weight excluding hydrogens is 464 g/mol. The van der Waals surface area contributed by atoms with Crippen molar-refractivity contribution in [2.24, 2.45) is 17.9 Å². The molecule has 0 bridgehead atoms. The van der Waals surface area contributed by atoms with E-state index >= 15 is 0 Å². The third-order valence-electron chi connectivity index (χ3n) is 9.16. The molecule has 3 aliphatic carbocycles. The van der Waals surface area contributed by atoms with E-state index in [1.165, 1.54) is 75.5 Å². The molecule has 0 aliphatic heterocycles. The highest BCUT2D eigenvalue weighted by molar-refractivity contribution is 7.21. The second-order valence-corrected chi connectivity index (χ2v) is 12.2. The first-order valence-corrected chi connectivity index (χ1v) is 14.0. The Balaban J connectivity index is 1.43. The maximum Gasteiger partial charge on any atom is 0.262 e. The van der Waals surface area contributed by atoms with Crippen LogP contribution in [-0.2, 0) is 7.05 Å². The molecule has 3 aromatic heterocycles. The van der Waals surface area contributed by atoms with Gasteiger partial charge in [0.25, 0.3) is 5.91 Å². The number of amides is 1. The van der Waals surface area contributed by atoms with Gasteiger partial charge in [0.1, 0.15) is 9.71 Å². The molecule has 0 unspecified atom stereocenters. The first kappa shape index (κ1) is 22.5. The van der Waals surface area contributed by atoms with Crippen LogP contribution in [0.2, 0.25) is 5.02 Å². The van der Waals surface area contributed by atoms with Crippen molar-refractivity contribution < 1.29 is 4.79 Å². The number of nitrogens with one attached hydrogen (secondary N) is 1. The fourth-order valence-electron chi connectivity index (χ4n) is 7.56. The average Bonchev–Trinajstić information content (AvgIpc) is 3.22. The lowest BCUT2D eigenvalue weighted by atomic mass is 9.73. The van der Waals surface area contributed by atoms with Gasteiger partial charge in [-0.1, -0.05) is 50.1 Å². The molecule has 3 aliphatic rings. The number of carbonyl (C=O) groups is 1. The van der Waals surface area contributed by atoms with Crippen molar-refractivity contribution in [3.63, 3.8) is 0 Å². The van der Waals surface area contributed by atoms with E-state index in [2.05, 4.69) is 10.4 Å². The van der Waals surface area contributed by atoms with Crippen molar-refractivity contribution in [1.82, 2.24) is 20.1 Å². The molecule has 3 fully saturated rings. The van der Waals surface area contributed by atoms with E-state index in [0.717, 1.165) is 37.5 Å². The van der Waals surface area contributed by atoms with Crippen LogP contribution in [-0.4, -0.2) is 26.7 Å². The van der Waals surface area contributed by atoms with Crippen LogP contribution >= 0.6 is 22.9 Å². The van der Waals surface area contributed by atoms with E-state index in [1.807, 2.05) is 33.3 Å². The van der Waals surface area contributed by atoms with Crippen LogP contribution in [0, 0.1) is 24.7 Å². The lowest BCUT2D eigenvalue weighted by Gasteiger charge is -2.31. The summed E-state index contributed by atoms with van der Waals surface area (Å²) in [4.78, 5) is 20.4. The number of halogens is 1. The Labute approximate surface area is 210 Å². The van der Waals surface area contributed by atoms with Gasteiger partial charge in [-0.2, -0.15) is 5.10 Å². The Hall–Kier alpha value is -1.92. The molecule has 0 saturated heterocycles. The maximum atomic E-state index is 14.0. The average molecular weight is 497 g/mol. The quantitative estimate of drug-likeness (QED) is 0.425. The Morgan fingerprint density at radius 3 is 2.26 bits per heavy atom. The first-order valence-electron chi connectivity index (χ1n) is 12.8. The minimum atomic E-state index is 0.0485. The number of hydrogen-bond acceptors (Lipinski definition) is 4. The zero-order valence-corrected chi connectivity index (χ0v) is 21.9. The molecule has 0 radical (unpaired) electrons. The number of carbonyl (C=O) groups excluding carboxylic acids is 1. The fourth-order valence-corrected chi connectivity index (χ4v) is 8.91. The number of thiophene rings is 1. The zero-order chi connectivity index (χ0) is 23.7. The maximum absolute atomic E-state index is 14.0. The number of aromatic nitrogens is 3. The molecule has 6 rings (SSSR count). The van der Waals surface area contributed by atoms with Crippen LogP contribution in [0.3, 0.4) is 0 Å². The third kappa shape index (κ3) is 3.13. The molecule has 180 valence electrons. The first-order chi connectivity index (χ1) is 16.4. The number of nitrogens with zero attached hydrogens (tertiary/aromatic N) is 3. The Morgan fingerprint density at radius 1 is 1.09 bits per heavy atom. The van der Waals surface area contributed by atoms with Crippen LogP contribution in [0.4, 0.5) is 0 Å². The van der Waals surface area contributed by atoms with Crippen LogP contribution in [0.25, 0.3) is 21.3 Å². The highest BCUT2D eigenvalue weighted by Crippen LogP contribution is 2.75. The fraction of sp³-hybridized carbons (Fsp3) is 0.593. The summed E-state index contributed by atoms with van der Waals surface area (Å²) in [6.07, 6.45) is 16.8. The number of pyridine rings is 1. The molecular formula is C27H33ClN4OS. The summed E-state index contributed by atoms with van der Waals surface area (Å²) >= 11 is 8.11. The monoisotopic (exact) mass is 496 g/mol. The van der Waals surface area contributed by atoms with Gasteiger partial charge in [0.2, 0.25) is 0 Å². The van der Waals surface area contributed by atoms with Gasteiger partial charge in [-0.15, -0.1) is 11.3 Å². The molecule has 5 nitrogen and oxygen atoms in total. The number of aryl methyl sites for hydroxylation is 3. The van der Waals surface area contributed by atoms with Crippen LogP contribution < -0.4 is 5.32 Å². The highest BCUT2D eigenvalue weighted by atomic mass is 35.5. The normalized spacial score (nSPS) is 21.4. The van der Waals surface area contributed by atoms with E-state index in [0.29, 0.717) is 21.9 Å². The van der Waals surface area contributed by atoms with E-state index in [4.69, 9.17) is 16.6 Å². The molecule has 2 spiro atoms. The van der Waals surface area contributed by atoms with Crippen molar-refractivity contribution in [2.45, 2.75) is 84.1 Å². The summed E-state index contributed by atoms with van der Waals surface area (Å²) < 4.78 is 1.79. The Kier molecular flexibility index (Phi) is 5.34. The van der Waals surface area contributed by atoms with Crippen molar-refractivity contribution in [3.05, 3.63) is 33.6 Å². The van der Waals surface area contributed by atoms with E-state index in [9.17, 15) is 4.79 Å². The van der Waals surface area contributed by atoms with Crippen molar-refractivity contribution in [1.29, 1.82) is 0 Å². The van der Waals surface area contributed by atoms with Gasteiger partial charge in [-0.25, -0.2) is 4.98 Å². The highest BCUT2D eigenvalue weighted by Gasteiger charge is 2.75. The van der Waals surface area contributed by atoms with Gasteiger partial charge >= 0.3 is 0 Å². The van der Waals surface area contributed by atoms with Gasteiger partial charge < -0.3 is 5.32 Å². The van der Waals surface area contributed by atoms with Gasteiger partial charge in [-0.05, 0) is 55.9 Å². The van der Waals surface area contributed by atoms with E-state index in [-0.39, 0.29) is 5.91 Å². The summed E-state index contributed by atoms with van der Waals surface area (Å²) in [6, 6.07) is 0.305. The SMILES string of the molecule is Cc1nc2sc(C(=O)NC3C4(CCCCC4)C34CCCCC4)c(-c3cnn(C)c3)c2c(C)c1Cl. The molecule has 3 saturated carbocycles. The molecule has 3 aromatic rings. The predicted octanol–water partition coefficient (Wildman–Crippen LogP) is 6.98. The second kappa shape index (κ2) is 8.06. The smallest absolute Gasteiger partial charge is 0.262 e. The van der Waals surface area contributed by atoms with Crippen molar-refractivity contribution in [2.75, 3.05) is 0 Å². The van der Waals surface area contributed by atoms with Crippen LogP contribution in [0.5, 0.6) is 0 Å². The van der Waals surface area contributed by atoms with Gasteiger partial charge in [0.15, 0.2) is 0 Å². The molecule has 3 heterocycles. The minimum absolute atomic E-state index is 0.0485. The molecule has 1 amide bonds. The van der Waals surface area contributed by atoms with E-state index in [1.54, 1.807) is 4.68 Å². The standard InChI is InChI=1S/C27H33ClN4OS/c1-16-19-20(18-14-29-32(3)15-18)22(34-24(19)30-17(2)21(16)28)23(33)31-25-26(10-6-4-7-11-26)27(25)12-8-5-9-13-27/h14-15,25H,4-13H2,1-3H3,(H,31,33). The topological polar surface area (TPSA) is 59.8 Å². The summed E-state index contributed by atoms with van der Waals surface area (Å²) in [7, 11) is 1.91. The summed E-state index contributed by atoms with van der Waals surface area (Å²) in [6.45, 7) is 3.96. The van der Waals surface area contributed by atoms with Gasteiger partial charge in [-0.3, -0.25) is 9.48 Å². The molecule has 0 atom stereocenters. The largest absolute Gasteiger partial charge is 0.347 e. The van der Waals surface area contributed by atoms with Gasteiger partial charge in [0, 0.05) is 35.8 Å². The lowest BCUT2D eigenvalue weighted by Crippen LogP contribution is -2.31. The Bertz CT molecular complexity index is 1260. The summed E-state index contributed by atoms with van der Waals surface area (Å²) in [5.41, 5.74) is 4.30. The Morgan fingerprint density at radius 2 is 1.71 bits per heavy atom. The predicted molar refractivity (Wildman–Crippen MR) is 139 cm³/mol. The number of fused-ring (bicyclic) bond motifs is 2. The summed E-state index contributed by atoms with van der Waals surface area (Å²) in [5, 5.41) is 9.65. The minimum Gasteiger partial charge on any atom is -0.347 e. The number of hydrogen-bond donors (Lipinski definition) is 1. The summed E-state index contributed by atoms with van der Waals surface area (Å²) in [5.74, 6) is 0.0485. The molecule has 1 N–H and O–H groups in total. The lowest BCUT2D eigenvalue weighted by molar-refractivity contribution is 0.0944. The van der Waals surface area contributed by atoms with Crippen molar-refractivity contribution >= 4 is 39.1 Å². The second-order valence-electron chi connectivity index (χ2n) is 10.9. The zero-order valence-electron chi connectivity index (χ0n) is 20.3. The number of rotatable bonds is 3. The van der Waals surface area contributed by atoms with E-state index < -0.39 is 0 Å². The molecule has 7 heteroatoms. The van der Waals surface area contributed by atoms with Crippen LogP contribution in [0.15, 0.2) is 12.4 Å². The molecule has 34 heavy (non-hydrogen) atoms.